The summed E-state index contributed by atoms with van der Waals surface area (Å²) < 4.78 is 60.4. The number of thiazole rings is 1. The maximum atomic E-state index is 14.2. The number of carbonyl (C=O) groups excluding carboxylic acids is 1. The number of allylic oxidation sites excluding steroid dienone is 1. The highest BCUT2D eigenvalue weighted by atomic mass is 127. The molecule has 40 heavy (non-hydrogen) atoms. The molecule has 7 nitrogen and oxygen atoms in total. The van der Waals surface area contributed by atoms with Crippen LogP contribution in [0.5, 0.6) is 11.5 Å². The topological polar surface area (TPSA) is 79.1 Å². The number of carbonyl (C=O) groups is 1. The number of halogens is 5. The van der Waals surface area contributed by atoms with E-state index >= 15 is 0 Å². The highest BCUT2D eigenvalue weighted by Gasteiger charge is 2.45. The lowest BCUT2D eigenvalue weighted by atomic mass is 9.95. The lowest BCUT2D eigenvalue weighted by Gasteiger charge is -2.26. The SMILES string of the molecule is C#CCOc1c(I)cc(/C=c2\sc3n(c2=O)[C@H](c2ccc(Cl)cc2)C(C(=O)OCC)=C(C(F)(F)F)N=3)cc1OC. The Bertz CT molecular complexity index is 1720. The standard InChI is InChI=1S/C27H19ClF3IN2O5S/c1-4-10-39-22-17(32)11-14(12-18(22)37-3)13-19-24(35)34-21(15-6-8-16(28)9-7-15)20(25(36)38-5-2)23(27(29,30)31)33-26(34)40-19/h1,6-9,11-13,21H,5,10H2,2-3H3/b19-13-/t21-/m1/s1. The van der Waals surface area contributed by atoms with Gasteiger partial charge >= 0.3 is 12.1 Å². The minimum Gasteiger partial charge on any atom is -0.493 e. The van der Waals surface area contributed by atoms with Gasteiger partial charge in [-0.2, -0.15) is 13.2 Å². The quantitative estimate of drug-likeness (QED) is 0.204. The fourth-order valence-electron chi connectivity index (χ4n) is 4.03. The van der Waals surface area contributed by atoms with Gasteiger partial charge in [0.15, 0.2) is 22.0 Å². The van der Waals surface area contributed by atoms with E-state index in [0.717, 1.165) is 15.9 Å². The van der Waals surface area contributed by atoms with Crippen molar-refractivity contribution in [2.24, 2.45) is 4.99 Å². The second-order valence-corrected chi connectivity index (χ2v) is 10.7. The van der Waals surface area contributed by atoms with Crippen molar-refractivity contribution in [3.05, 3.63) is 87.1 Å². The molecule has 13 heteroatoms. The number of ether oxygens (including phenoxy) is 3. The molecule has 4 rings (SSSR count). The summed E-state index contributed by atoms with van der Waals surface area (Å²) in [6.45, 7) is 1.31. The molecule has 1 aliphatic rings. The van der Waals surface area contributed by atoms with Gasteiger partial charge in [0.1, 0.15) is 6.61 Å². The highest BCUT2D eigenvalue weighted by Crippen LogP contribution is 2.39. The molecule has 1 aromatic heterocycles. The highest BCUT2D eigenvalue weighted by molar-refractivity contribution is 14.1. The molecule has 1 aliphatic heterocycles. The van der Waals surface area contributed by atoms with E-state index < -0.39 is 35.0 Å². The summed E-state index contributed by atoms with van der Waals surface area (Å²) in [6.07, 6.45) is 1.78. The van der Waals surface area contributed by atoms with Crippen LogP contribution in [0.4, 0.5) is 13.2 Å². The zero-order chi connectivity index (χ0) is 29.2. The number of terminal acetylenes is 1. The van der Waals surface area contributed by atoms with Gasteiger partial charge in [-0.05, 0) is 71.0 Å². The fourth-order valence-corrected chi connectivity index (χ4v) is 5.94. The predicted molar refractivity (Wildman–Crippen MR) is 152 cm³/mol. The maximum absolute atomic E-state index is 14.2. The molecule has 0 N–H and O–H groups in total. The molecule has 3 aromatic rings. The number of aromatic nitrogens is 1. The Morgan fingerprint density at radius 2 is 2.00 bits per heavy atom. The molecule has 0 bridgehead atoms. The third kappa shape index (κ3) is 5.91. The van der Waals surface area contributed by atoms with Crippen LogP contribution in [0.2, 0.25) is 5.02 Å². The summed E-state index contributed by atoms with van der Waals surface area (Å²) >= 11 is 8.78. The molecular weight excluding hydrogens is 684 g/mol. The predicted octanol–water partition coefficient (Wildman–Crippen LogP) is 4.62. The van der Waals surface area contributed by atoms with Crippen molar-refractivity contribution in [1.82, 2.24) is 4.57 Å². The van der Waals surface area contributed by atoms with Crippen molar-refractivity contribution in [2.45, 2.75) is 19.1 Å². The third-order valence-corrected chi connectivity index (χ3v) is 7.67. The Balaban J connectivity index is 1.99. The summed E-state index contributed by atoms with van der Waals surface area (Å²) in [6, 6.07) is 7.67. The van der Waals surface area contributed by atoms with Crippen LogP contribution in [0, 0.1) is 15.9 Å². The second-order valence-electron chi connectivity index (χ2n) is 8.14. The summed E-state index contributed by atoms with van der Waals surface area (Å²) in [7, 11) is 1.44. The van der Waals surface area contributed by atoms with E-state index in [1.807, 2.05) is 22.6 Å². The first-order valence-electron chi connectivity index (χ1n) is 11.5. The number of esters is 1. The molecule has 1 atom stereocenters. The van der Waals surface area contributed by atoms with Crippen LogP contribution in [0.3, 0.4) is 0 Å². The number of methoxy groups -OCH3 is 1. The van der Waals surface area contributed by atoms with Crippen LogP contribution in [-0.4, -0.2) is 37.0 Å². The van der Waals surface area contributed by atoms with Gasteiger partial charge in [0.25, 0.3) is 5.56 Å². The molecular formula is C27H19ClF3IN2O5S. The largest absolute Gasteiger partial charge is 0.493 e. The Labute approximate surface area is 248 Å². The molecule has 2 heterocycles. The Kier molecular flexibility index (Phi) is 8.96. The number of benzene rings is 2. The van der Waals surface area contributed by atoms with E-state index in [9.17, 15) is 22.8 Å². The summed E-state index contributed by atoms with van der Waals surface area (Å²) in [5.41, 5.74) is -2.12. The van der Waals surface area contributed by atoms with Crippen LogP contribution >= 0.6 is 45.5 Å². The third-order valence-electron chi connectivity index (χ3n) is 5.63. The monoisotopic (exact) mass is 702 g/mol. The van der Waals surface area contributed by atoms with Gasteiger partial charge in [-0.15, -0.1) is 6.42 Å². The van der Waals surface area contributed by atoms with Crippen LogP contribution in [0.15, 0.2) is 57.5 Å². The van der Waals surface area contributed by atoms with Crippen molar-refractivity contribution < 1.29 is 32.2 Å². The lowest BCUT2D eigenvalue weighted by molar-refractivity contribution is -0.140. The summed E-state index contributed by atoms with van der Waals surface area (Å²) in [5, 5.41) is 0.326. The number of hydrogen-bond acceptors (Lipinski definition) is 7. The van der Waals surface area contributed by atoms with Gasteiger partial charge in [-0.1, -0.05) is 41.0 Å². The Morgan fingerprint density at radius 3 is 2.60 bits per heavy atom. The number of nitrogens with zero attached hydrogens (tertiary/aromatic N) is 2. The van der Waals surface area contributed by atoms with E-state index in [4.69, 9.17) is 32.2 Å². The number of fused-ring (bicyclic) bond motifs is 1. The fraction of sp³-hybridized carbons (Fsp3) is 0.222. The van der Waals surface area contributed by atoms with Gasteiger partial charge in [-0.3, -0.25) is 9.36 Å². The molecule has 0 aliphatic carbocycles. The molecule has 0 saturated carbocycles. The first-order chi connectivity index (χ1) is 19.0. The minimum atomic E-state index is -5.00. The van der Waals surface area contributed by atoms with Crippen molar-refractivity contribution in [2.75, 3.05) is 20.3 Å². The molecule has 0 saturated heterocycles. The molecule has 2 aromatic carbocycles. The van der Waals surface area contributed by atoms with Crippen LogP contribution in [0.1, 0.15) is 24.1 Å². The van der Waals surface area contributed by atoms with Gasteiger partial charge in [0, 0.05) is 5.02 Å². The lowest BCUT2D eigenvalue weighted by Crippen LogP contribution is -2.41. The zero-order valence-corrected chi connectivity index (χ0v) is 24.6. The van der Waals surface area contributed by atoms with E-state index in [1.54, 1.807) is 12.1 Å². The van der Waals surface area contributed by atoms with E-state index in [0.29, 0.717) is 25.7 Å². The Hall–Kier alpha value is -3.28. The smallest absolute Gasteiger partial charge is 0.434 e. The second kappa shape index (κ2) is 12.1. The Morgan fingerprint density at radius 1 is 1.30 bits per heavy atom. The minimum absolute atomic E-state index is 0.0132. The van der Waals surface area contributed by atoms with Gasteiger partial charge in [0.05, 0.1) is 33.4 Å². The van der Waals surface area contributed by atoms with Crippen molar-refractivity contribution in [1.29, 1.82) is 0 Å². The van der Waals surface area contributed by atoms with Gasteiger partial charge in [-0.25, -0.2) is 9.79 Å². The zero-order valence-electron chi connectivity index (χ0n) is 20.8. The van der Waals surface area contributed by atoms with E-state index in [-0.39, 0.29) is 28.1 Å². The molecule has 0 radical (unpaired) electrons. The number of rotatable bonds is 7. The first kappa shape index (κ1) is 29.7. The maximum Gasteiger partial charge on any atom is 0.434 e. The van der Waals surface area contributed by atoms with E-state index in [1.165, 1.54) is 44.4 Å². The average molecular weight is 703 g/mol. The number of alkyl halides is 3. The van der Waals surface area contributed by atoms with Gasteiger partial charge < -0.3 is 14.2 Å². The summed E-state index contributed by atoms with van der Waals surface area (Å²) in [5.74, 6) is 1.91. The molecule has 0 amide bonds. The first-order valence-corrected chi connectivity index (χ1v) is 13.8. The number of hydrogen-bond donors (Lipinski definition) is 0. The molecule has 0 spiro atoms. The van der Waals surface area contributed by atoms with Crippen molar-refractivity contribution in [3.63, 3.8) is 0 Å². The summed E-state index contributed by atoms with van der Waals surface area (Å²) in [4.78, 5) is 30.1. The molecule has 0 unspecified atom stereocenters. The average Bonchev–Trinajstić information content (AvgIpc) is 3.21. The van der Waals surface area contributed by atoms with Crippen LogP contribution < -0.4 is 24.4 Å². The molecule has 0 fully saturated rings. The normalized spacial score (nSPS) is 15.2. The van der Waals surface area contributed by atoms with Crippen LogP contribution in [-0.2, 0) is 9.53 Å². The van der Waals surface area contributed by atoms with E-state index in [2.05, 4.69) is 10.9 Å². The van der Waals surface area contributed by atoms with Crippen molar-refractivity contribution in [3.8, 4) is 23.8 Å². The molecule has 208 valence electrons. The van der Waals surface area contributed by atoms with Gasteiger partial charge in [0.2, 0.25) is 0 Å². The van der Waals surface area contributed by atoms with Crippen molar-refractivity contribution >= 4 is 57.6 Å². The van der Waals surface area contributed by atoms with Crippen LogP contribution in [0.25, 0.3) is 6.08 Å².